The van der Waals surface area contributed by atoms with Crippen LogP contribution in [0.4, 0.5) is 9.18 Å². The van der Waals surface area contributed by atoms with Crippen molar-refractivity contribution < 1.29 is 18.4 Å². The second-order valence-corrected chi connectivity index (χ2v) is 6.57. The molecule has 0 saturated heterocycles. The molecule has 23 heavy (non-hydrogen) atoms. The minimum Gasteiger partial charge on any atom is -0.444 e. The highest BCUT2D eigenvalue weighted by Gasteiger charge is 2.26. The van der Waals surface area contributed by atoms with Crippen molar-refractivity contribution in [2.75, 3.05) is 13.1 Å². The fourth-order valence-electron chi connectivity index (χ4n) is 2.55. The number of rotatable bonds is 1. The number of hydrogen-bond acceptors (Lipinski definition) is 4. The Bertz CT molecular complexity index is 774. The summed E-state index contributed by atoms with van der Waals surface area (Å²) in [6.45, 7) is 6.43. The first kappa shape index (κ1) is 15.5. The third-order valence-electron chi connectivity index (χ3n) is 3.55. The zero-order chi connectivity index (χ0) is 16.6. The van der Waals surface area contributed by atoms with Gasteiger partial charge in [0, 0.05) is 12.1 Å². The van der Waals surface area contributed by atoms with Crippen LogP contribution in [0.2, 0.25) is 0 Å². The zero-order valence-electron chi connectivity index (χ0n) is 13.4. The van der Waals surface area contributed by atoms with Crippen molar-refractivity contribution >= 4 is 22.6 Å². The third-order valence-corrected chi connectivity index (χ3v) is 3.55. The summed E-state index contributed by atoms with van der Waals surface area (Å²) in [7, 11) is 0. The number of carbonyl (C=O) groups is 1. The summed E-state index contributed by atoms with van der Waals surface area (Å²) in [5.74, 6) is 0.0886. The van der Waals surface area contributed by atoms with Crippen LogP contribution in [0.5, 0.6) is 0 Å². The van der Waals surface area contributed by atoms with E-state index in [2.05, 4.69) is 5.16 Å². The zero-order valence-corrected chi connectivity index (χ0v) is 13.4. The van der Waals surface area contributed by atoms with Crippen LogP contribution in [0.15, 0.2) is 28.8 Å². The van der Waals surface area contributed by atoms with Gasteiger partial charge in [0.15, 0.2) is 11.6 Å². The normalized spacial score (nSPS) is 15.7. The number of carbonyl (C=O) groups excluding carboxylic acids is 1. The highest BCUT2D eigenvalue weighted by Crippen LogP contribution is 2.29. The molecule has 0 spiro atoms. The van der Waals surface area contributed by atoms with Crippen LogP contribution >= 0.6 is 0 Å². The molecule has 1 amide bonds. The first-order chi connectivity index (χ1) is 10.8. The summed E-state index contributed by atoms with van der Waals surface area (Å²) in [6.07, 6.45) is 2.32. The van der Waals surface area contributed by atoms with Crippen molar-refractivity contribution in [1.82, 2.24) is 10.1 Å². The molecule has 1 aromatic heterocycles. The number of hydrogen-bond donors (Lipinski definition) is 0. The van der Waals surface area contributed by atoms with Gasteiger partial charge in [-0.3, -0.25) is 0 Å². The van der Waals surface area contributed by atoms with E-state index in [9.17, 15) is 9.18 Å². The van der Waals surface area contributed by atoms with Crippen molar-refractivity contribution in [2.45, 2.75) is 32.8 Å². The van der Waals surface area contributed by atoms with Crippen LogP contribution in [0, 0.1) is 5.82 Å². The molecule has 1 aliphatic heterocycles. The highest BCUT2D eigenvalue weighted by atomic mass is 19.1. The molecule has 6 heteroatoms. The molecule has 5 nitrogen and oxygen atoms in total. The number of ether oxygens (including phenoxy) is 1. The van der Waals surface area contributed by atoms with Crippen molar-refractivity contribution in [2.24, 2.45) is 0 Å². The van der Waals surface area contributed by atoms with Crippen LogP contribution in [-0.2, 0) is 4.74 Å². The van der Waals surface area contributed by atoms with Gasteiger partial charge in [-0.05, 0) is 39.3 Å². The minimum absolute atomic E-state index is 0.206. The van der Waals surface area contributed by atoms with Crippen molar-refractivity contribution in [3.63, 3.8) is 0 Å². The quantitative estimate of drug-likeness (QED) is 0.798. The first-order valence-electron chi connectivity index (χ1n) is 7.56. The number of halogens is 1. The third kappa shape index (κ3) is 3.21. The number of fused-ring (bicyclic) bond motifs is 1. The number of aromatic nitrogens is 1. The van der Waals surface area contributed by atoms with Crippen LogP contribution < -0.4 is 0 Å². The molecule has 0 saturated carbocycles. The molecule has 0 atom stereocenters. The molecule has 0 bridgehead atoms. The molecule has 2 aromatic rings. The van der Waals surface area contributed by atoms with Gasteiger partial charge in [-0.25, -0.2) is 9.18 Å². The van der Waals surface area contributed by atoms with Gasteiger partial charge in [-0.15, -0.1) is 0 Å². The van der Waals surface area contributed by atoms with E-state index < -0.39 is 11.4 Å². The topological polar surface area (TPSA) is 55.6 Å². The van der Waals surface area contributed by atoms with E-state index >= 15 is 0 Å². The Morgan fingerprint density at radius 1 is 1.39 bits per heavy atom. The minimum atomic E-state index is -0.541. The Morgan fingerprint density at radius 2 is 2.17 bits per heavy atom. The molecule has 0 fully saturated rings. The lowest BCUT2D eigenvalue weighted by molar-refractivity contribution is 0.0272. The van der Waals surface area contributed by atoms with Gasteiger partial charge in [-0.2, -0.15) is 0 Å². The second-order valence-electron chi connectivity index (χ2n) is 6.57. The number of nitrogens with zero attached hydrogens (tertiary/aromatic N) is 2. The Balaban J connectivity index is 1.85. The predicted molar refractivity (Wildman–Crippen MR) is 84.4 cm³/mol. The molecule has 1 aromatic carbocycles. The van der Waals surface area contributed by atoms with Crippen LogP contribution in [-0.4, -0.2) is 34.8 Å². The number of amides is 1. The molecular formula is C17H19FN2O3. The van der Waals surface area contributed by atoms with Gasteiger partial charge in [0.05, 0.1) is 11.9 Å². The largest absolute Gasteiger partial charge is 0.444 e. The molecule has 0 aliphatic carbocycles. The summed E-state index contributed by atoms with van der Waals surface area (Å²) in [6, 6.07) is 4.72. The van der Waals surface area contributed by atoms with Gasteiger partial charge in [0.25, 0.3) is 0 Å². The molecule has 0 N–H and O–H groups in total. The lowest BCUT2D eigenvalue weighted by Gasteiger charge is -2.29. The molecule has 0 unspecified atom stereocenters. The van der Waals surface area contributed by atoms with Gasteiger partial charge >= 0.3 is 6.09 Å². The first-order valence-corrected chi connectivity index (χ1v) is 7.56. The van der Waals surface area contributed by atoms with E-state index in [0.717, 1.165) is 5.57 Å². The summed E-state index contributed by atoms with van der Waals surface area (Å²) in [5, 5.41) is 4.41. The molecule has 2 heterocycles. The smallest absolute Gasteiger partial charge is 0.410 e. The molecule has 0 radical (unpaired) electrons. The maximum atomic E-state index is 13.7. The predicted octanol–water partition coefficient (Wildman–Crippen LogP) is 3.99. The van der Waals surface area contributed by atoms with Gasteiger partial charge in [-0.1, -0.05) is 17.3 Å². The molecular weight excluding hydrogens is 299 g/mol. The van der Waals surface area contributed by atoms with E-state index in [1.54, 1.807) is 17.0 Å². The molecule has 122 valence electrons. The summed E-state index contributed by atoms with van der Waals surface area (Å²) >= 11 is 0. The Labute approximate surface area is 133 Å². The van der Waals surface area contributed by atoms with Gasteiger partial charge in [0.1, 0.15) is 11.1 Å². The average molecular weight is 318 g/mol. The molecule has 3 rings (SSSR count). The van der Waals surface area contributed by atoms with E-state index in [1.165, 1.54) is 6.07 Å². The monoisotopic (exact) mass is 318 g/mol. The summed E-state index contributed by atoms with van der Waals surface area (Å²) in [5.41, 5.74) is 0.480. The maximum Gasteiger partial charge on any atom is 0.410 e. The molecule has 1 aliphatic rings. The van der Waals surface area contributed by atoms with Crippen molar-refractivity contribution in [3.05, 3.63) is 35.9 Å². The van der Waals surface area contributed by atoms with Crippen molar-refractivity contribution in [3.8, 4) is 0 Å². The lowest BCUT2D eigenvalue weighted by Crippen LogP contribution is -2.39. The van der Waals surface area contributed by atoms with Crippen LogP contribution in [0.25, 0.3) is 16.5 Å². The highest BCUT2D eigenvalue weighted by molar-refractivity contribution is 5.90. The Hall–Kier alpha value is -2.37. The van der Waals surface area contributed by atoms with E-state index in [-0.39, 0.29) is 11.6 Å². The second kappa shape index (κ2) is 5.68. The fraction of sp³-hybridized carbons (Fsp3) is 0.412. The van der Waals surface area contributed by atoms with E-state index in [1.807, 2.05) is 26.8 Å². The fourth-order valence-corrected chi connectivity index (χ4v) is 2.55. The van der Waals surface area contributed by atoms with Gasteiger partial charge < -0.3 is 14.2 Å². The number of benzene rings is 1. The Kier molecular flexibility index (Phi) is 3.83. The van der Waals surface area contributed by atoms with E-state index in [0.29, 0.717) is 30.7 Å². The SMILES string of the molecule is CC(C)(C)OC(=O)N1CCC=C(c2onc3c(F)cccc23)C1. The summed E-state index contributed by atoms with van der Waals surface area (Å²) in [4.78, 5) is 13.8. The standard InChI is InChI=1S/C17H19FN2O3/c1-17(2,3)22-16(21)20-9-5-6-11(10-20)15-12-7-4-8-13(18)14(12)19-23-15/h4,6-8H,5,9-10H2,1-3H3. The average Bonchev–Trinajstić information content (AvgIpc) is 2.91. The van der Waals surface area contributed by atoms with Crippen LogP contribution in [0.1, 0.15) is 33.0 Å². The van der Waals surface area contributed by atoms with Gasteiger partial charge in [0.2, 0.25) is 0 Å². The van der Waals surface area contributed by atoms with Crippen LogP contribution in [0.3, 0.4) is 0 Å². The Morgan fingerprint density at radius 3 is 2.91 bits per heavy atom. The lowest BCUT2D eigenvalue weighted by atomic mass is 10.0. The summed E-state index contributed by atoms with van der Waals surface area (Å²) < 4.78 is 24.5. The maximum absolute atomic E-state index is 13.7. The van der Waals surface area contributed by atoms with E-state index in [4.69, 9.17) is 9.26 Å². The van der Waals surface area contributed by atoms with Crippen molar-refractivity contribution in [1.29, 1.82) is 0 Å².